The average Bonchev–Trinajstić information content (AvgIpc) is 2.47. The van der Waals surface area contributed by atoms with Crippen molar-refractivity contribution < 1.29 is 4.74 Å². The first-order valence-corrected chi connectivity index (χ1v) is 6.84. The van der Waals surface area contributed by atoms with Gasteiger partial charge in [-0.2, -0.15) is 0 Å². The summed E-state index contributed by atoms with van der Waals surface area (Å²) in [5.41, 5.74) is 7.76. The molecule has 0 saturated heterocycles. The number of benzene rings is 2. The van der Waals surface area contributed by atoms with E-state index in [-0.39, 0.29) is 0 Å². The molecule has 4 nitrogen and oxygen atoms in total. The summed E-state index contributed by atoms with van der Waals surface area (Å²) < 4.78 is 6.17. The van der Waals surface area contributed by atoms with E-state index in [1.54, 1.807) is 7.11 Å². The van der Waals surface area contributed by atoms with Crippen LogP contribution in [0, 0.1) is 0 Å². The first-order valence-electron chi connectivity index (χ1n) is 6.04. The van der Waals surface area contributed by atoms with Crippen molar-refractivity contribution in [2.75, 3.05) is 12.8 Å². The summed E-state index contributed by atoms with van der Waals surface area (Å²) >= 11 is 3.44. The normalized spacial score (nSPS) is 10.7. The zero-order valence-electron chi connectivity index (χ0n) is 10.8. The SMILES string of the molecule is COc1ccc2nc(-c3cccc(Br)c3)nc(N)c2c1. The van der Waals surface area contributed by atoms with Gasteiger partial charge in [0.15, 0.2) is 5.82 Å². The van der Waals surface area contributed by atoms with Crippen LogP contribution in [-0.4, -0.2) is 17.1 Å². The van der Waals surface area contributed by atoms with Crippen LogP contribution in [0.15, 0.2) is 46.9 Å². The fraction of sp³-hybridized carbons (Fsp3) is 0.0667. The lowest BCUT2D eigenvalue weighted by Crippen LogP contribution is -1.98. The van der Waals surface area contributed by atoms with Crippen LogP contribution in [0.3, 0.4) is 0 Å². The van der Waals surface area contributed by atoms with Gasteiger partial charge in [-0.3, -0.25) is 0 Å². The number of fused-ring (bicyclic) bond motifs is 1. The number of hydrogen-bond donors (Lipinski definition) is 1. The highest BCUT2D eigenvalue weighted by Gasteiger charge is 2.08. The number of nitrogens with zero attached hydrogens (tertiary/aromatic N) is 2. The van der Waals surface area contributed by atoms with Crippen LogP contribution in [0.5, 0.6) is 5.75 Å². The molecule has 0 amide bonds. The molecule has 100 valence electrons. The standard InChI is InChI=1S/C15H12BrN3O/c1-20-11-5-6-13-12(8-11)14(17)19-15(18-13)9-3-2-4-10(16)7-9/h2-8H,1H3,(H2,17,18,19). The predicted octanol–water partition coefficient (Wildman–Crippen LogP) is 3.65. The molecule has 0 bridgehead atoms. The molecule has 0 aliphatic rings. The van der Waals surface area contributed by atoms with Crippen LogP contribution in [0.25, 0.3) is 22.3 Å². The molecule has 1 aromatic heterocycles. The number of nitrogen functional groups attached to an aromatic ring is 1. The number of rotatable bonds is 2. The van der Waals surface area contributed by atoms with Crippen molar-refractivity contribution >= 4 is 32.7 Å². The van der Waals surface area contributed by atoms with Gasteiger partial charge < -0.3 is 10.5 Å². The van der Waals surface area contributed by atoms with Crippen LogP contribution in [-0.2, 0) is 0 Å². The fourth-order valence-corrected chi connectivity index (χ4v) is 2.41. The van der Waals surface area contributed by atoms with E-state index >= 15 is 0 Å². The summed E-state index contributed by atoms with van der Waals surface area (Å²) in [6.45, 7) is 0. The Hall–Kier alpha value is -2.14. The molecular weight excluding hydrogens is 318 g/mol. The van der Waals surface area contributed by atoms with E-state index < -0.39 is 0 Å². The van der Waals surface area contributed by atoms with Crippen molar-refractivity contribution in [1.29, 1.82) is 0 Å². The highest BCUT2D eigenvalue weighted by atomic mass is 79.9. The van der Waals surface area contributed by atoms with Gasteiger partial charge in [-0.05, 0) is 30.3 Å². The largest absolute Gasteiger partial charge is 0.497 e. The Kier molecular flexibility index (Phi) is 3.28. The van der Waals surface area contributed by atoms with E-state index in [0.717, 1.165) is 26.7 Å². The van der Waals surface area contributed by atoms with E-state index in [4.69, 9.17) is 10.5 Å². The number of halogens is 1. The Bertz CT molecular complexity index is 789. The second-order valence-corrected chi connectivity index (χ2v) is 5.24. The van der Waals surface area contributed by atoms with Crippen molar-refractivity contribution in [3.63, 3.8) is 0 Å². The van der Waals surface area contributed by atoms with Crippen LogP contribution < -0.4 is 10.5 Å². The number of ether oxygens (including phenoxy) is 1. The average molecular weight is 330 g/mol. The summed E-state index contributed by atoms with van der Waals surface area (Å²) in [6, 6.07) is 13.4. The van der Waals surface area contributed by atoms with E-state index in [1.807, 2.05) is 42.5 Å². The number of methoxy groups -OCH3 is 1. The third-order valence-electron chi connectivity index (χ3n) is 3.02. The van der Waals surface area contributed by atoms with Crippen molar-refractivity contribution in [2.45, 2.75) is 0 Å². The van der Waals surface area contributed by atoms with E-state index in [1.165, 1.54) is 0 Å². The Balaban J connectivity index is 2.19. The summed E-state index contributed by atoms with van der Waals surface area (Å²) in [5.74, 6) is 1.80. The second kappa shape index (κ2) is 5.09. The molecule has 3 rings (SSSR count). The molecule has 1 heterocycles. The van der Waals surface area contributed by atoms with Gasteiger partial charge in [0.05, 0.1) is 12.6 Å². The predicted molar refractivity (Wildman–Crippen MR) is 83.6 cm³/mol. The number of anilines is 1. The molecule has 0 aliphatic carbocycles. The molecule has 0 spiro atoms. The lowest BCUT2D eigenvalue weighted by Gasteiger charge is -2.07. The number of aromatic nitrogens is 2. The molecule has 2 aromatic carbocycles. The zero-order valence-corrected chi connectivity index (χ0v) is 12.4. The van der Waals surface area contributed by atoms with E-state index in [0.29, 0.717) is 11.6 Å². The minimum absolute atomic E-state index is 0.448. The molecule has 3 aromatic rings. The molecule has 0 atom stereocenters. The smallest absolute Gasteiger partial charge is 0.162 e. The van der Waals surface area contributed by atoms with Gasteiger partial charge in [-0.15, -0.1) is 0 Å². The third-order valence-corrected chi connectivity index (χ3v) is 3.51. The molecule has 5 heteroatoms. The Morgan fingerprint density at radius 3 is 2.70 bits per heavy atom. The van der Waals surface area contributed by atoms with Gasteiger partial charge >= 0.3 is 0 Å². The number of nitrogens with two attached hydrogens (primary N) is 1. The summed E-state index contributed by atoms with van der Waals surface area (Å²) in [5, 5.41) is 0.795. The second-order valence-electron chi connectivity index (χ2n) is 4.33. The van der Waals surface area contributed by atoms with Crippen molar-refractivity contribution in [3.05, 3.63) is 46.9 Å². The van der Waals surface area contributed by atoms with Gasteiger partial charge in [0.25, 0.3) is 0 Å². The lowest BCUT2D eigenvalue weighted by atomic mass is 10.2. The zero-order chi connectivity index (χ0) is 14.1. The monoisotopic (exact) mass is 329 g/mol. The van der Waals surface area contributed by atoms with E-state index in [2.05, 4.69) is 25.9 Å². The third kappa shape index (κ3) is 2.32. The van der Waals surface area contributed by atoms with Crippen molar-refractivity contribution in [1.82, 2.24) is 9.97 Å². The van der Waals surface area contributed by atoms with Crippen LogP contribution >= 0.6 is 15.9 Å². The molecular formula is C15H12BrN3O. The highest BCUT2D eigenvalue weighted by Crippen LogP contribution is 2.27. The molecule has 0 fully saturated rings. The molecule has 0 unspecified atom stereocenters. The molecule has 2 N–H and O–H groups in total. The van der Waals surface area contributed by atoms with Crippen LogP contribution in [0.4, 0.5) is 5.82 Å². The maximum absolute atomic E-state index is 6.04. The summed E-state index contributed by atoms with van der Waals surface area (Å²) in [7, 11) is 1.62. The maximum atomic E-state index is 6.04. The Morgan fingerprint density at radius 2 is 1.95 bits per heavy atom. The van der Waals surface area contributed by atoms with Gasteiger partial charge in [-0.25, -0.2) is 9.97 Å². The summed E-state index contributed by atoms with van der Waals surface area (Å²) in [4.78, 5) is 8.93. The minimum Gasteiger partial charge on any atom is -0.497 e. The molecule has 0 aliphatic heterocycles. The quantitative estimate of drug-likeness (QED) is 0.779. The van der Waals surface area contributed by atoms with Crippen molar-refractivity contribution in [3.8, 4) is 17.1 Å². The molecule has 0 radical (unpaired) electrons. The Labute approximate surface area is 124 Å². The topological polar surface area (TPSA) is 61.0 Å². The molecule has 0 saturated carbocycles. The maximum Gasteiger partial charge on any atom is 0.162 e. The van der Waals surface area contributed by atoms with E-state index in [9.17, 15) is 0 Å². The van der Waals surface area contributed by atoms with Crippen molar-refractivity contribution in [2.24, 2.45) is 0 Å². The van der Waals surface area contributed by atoms with Gasteiger partial charge in [0.1, 0.15) is 11.6 Å². The lowest BCUT2D eigenvalue weighted by molar-refractivity contribution is 0.415. The molecule has 20 heavy (non-hydrogen) atoms. The van der Waals surface area contributed by atoms with Gasteiger partial charge in [0.2, 0.25) is 0 Å². The minimum atomic E-state index is 0.448. The number of hydrogen-bond acceptors (Lipinski definition) is 4. The first kappa shape index (κ1) is 12.9. The Morgan fingerprint density at radius 1 is 1.10 bits per heavy atom. The van der Waals surface area contributed by atoms with Gasteiger partial charge in [-0.1, -0.05) is 28.1 Å². The fourth-order valence-electron chi connectivity index (χ4n) is 2.01. The first-order chi connectivity index (χ1) is 9.67. The summed E-state index contributed by atoms with van der Waals surface area (Å²) in [6.07, 6.45) is 0. The van der Waals surface area contributed by atoms with Gasteiger partial charge in [0, 0.05) is 15.4 Å². The van der Waals surface area contributed by atoms with Crippen LogP contribution in [0.1, 0.15) is 0 Å². The highest BCUT2D eigenvalue weighted by molar-refractivity contribution is 9.10. The van der Waals surface area contributed by atoms with Crippen LogP contribution in [0.2, 0.25) is 0 Å².